The number of methoxy groups -OCH3 is 1. The standard InChI is InChI=1S/C14H19F3O4/c1-19-5-6-20-7-8-21-10-13(18)11-3-2-4-12(9-11)14(15,16)17/h2-4,9,13,18H,5-8,10H2,1H3. The molecule has 0 spiro atoms. The van der Waals surface area contributed by atoms with Crippen LogP contribution in [0.3, 0.4) is 0 Å². The Hall–Kier alpha value is -1.15. The summed E-state index contributed by atoms with van der Waals surface area (Å²) in [5.41, 5.74) is -0.618. The Morgan fingerprint density at radius 3 is 2.43 bits per heavy atom. The molecule has 1 rings (SSSR count). The van der Waals surface area contributed by atoms with Crippen molar-refractivity contribution in [2.75, 3.05) is 40.1 Å². The van der Waals surface area contributed by atoms with Crippen molar-refractivity contribution in [2.45, 2.75) is 12.3 Å². The molecule has 0 amide bonds. The molecule has 0 aromatic heterocycles. The first-order chi connectivity index (χ1) is 9.95. The molecule has 120 valence electrons. The van der Waals surface area contributed by atoms with E-state index in [4.69, 9.17) is 14.2 Å². The van der Waals surface area contributed by atoms with Gasteiger partial charge in [0.15, 0.2) is 0 Å². The van der Waals surface area contributed by atoms with Gasteiger partial charge in [0, 0.05) is 7.11 Å². The zero-order chi connectivity index (χ0) is 15.7. The second-order valence-electron chi connectivity index (χ2n) is 4.32. The highest BCUT2D eigenvalue weighted by atomic mass is 19.4. The van der Waals surface area contributed by atoms with Crippen molar-refractivity contribution in [3.8, 4) is 0 Å². The third-order valence-electron chi connectivity index (χ3n) is 2.68. The number of ether oxygens (including phenoxy) is 3. The highest BCUT2D eigenvalue weighted by molar-refractivity contribution is 5.27. The number of alkyl halides is 3. The molecule has 0 fully saturated rings. The first-order valence-corrected chi connectivity index (χ1v) is 6.45. The molecule has 1 atom stereocenters. The Bertz CT molecular complexity index is 409. The molecule has 1 aromatic carbocycles. The van der Waals surface area contributed by atoms with E-state index in [1.165, 1.54) is 12.1 Å². The molecule has 1 unspecified atom stereocenters. The number of benzene rings is 1. The predicted octanol–water partition coefficient (Wildman–Crippen LogP) is 2.42. The fraction of sp³-hybridized carbons (Fsp3) is 0.571. The lowest BCUT2D eigenvalue weighted by Gasteiger charge is -2.14. The summed E-state index contributed by atoms with van der Waals surface area (Å²) in [7, 11) is 1.56. The van der Waals surface area contributed by atoms with E-state index in [0.717, 1.165) is 12.1 Å². The van der Waals surface area contributed by atoms with Gasteiger partial charge in [-0.2, -0.15) is 13.2 Å². The van der Waals surface area contributed by atoms with Crippen molar-refractivity contribution in [2.24, 2.45) is 0 Å². The Labute approximate surface area is 121 Å². The minimum absolute atomic E-state index is 0.0883. The number of halogens is 3. The summed E-state index contributed by atoms with van der Waals surface area (Å²) in [5, 5.41) is 9.80. The van der Waals surface area contributed by atoms with Crippen LogP contribution in [-0.2, 0) is 20.4 Å². The molecule has 0 saturated carbocycles. The quantitative estimate of drug-likeness (QED) is 0.712. The summed E-state index contributed by atoms with van der Waals surface area (Å²) >= 11 is 0. The van der Waals surface area contributed by atoms with Gasteiger partial charge in [0.1, 0.15) is 6.10 Å². The molecule has 21 heavy (non-hydrogen) atoms. The summed E-state index contributed by atoms with van der Waals surface area (Å²) in [6.45, 7) is 1.41. The maximum Gasteiger partial charge on any atom is 0.416 e. The third kappa shape index (κ3) is 6.90. The Morgan fingerprint density at radius 2 is 1.76 bits per heavy atom. The van der Waals surface area contributed by atoms with Crippen LogP contribution in [0, 0.1) is 0 Å². The van der Waals surface area contributed by atoms with E-state index >= 15 is 0 Å². The largest absolute Gasteiger partial charge is 0.416 e. The molecule has 0 aliphatic heterocycles. The average molecular weight is 308 g/mol. The molecule has 0 aliphatic rings. The summed E-state index contributed by atoms with van der Waals surface area (Å²) in [6, 6.07) is 4.57. The van der Waals surface area contributed by atoms with Crippen LogP contribution in [-0.4, -0.2) is 45.3 Å². The summed E-state index contributed by atoms with van der Waals surface area (Å²) < 4.78 is 52.7. The Morgan fingerprint density at radius 1 is 1.10 bits per heavy atom. The maximum atomic E-state index is 12.5. The lowest BCUT2D eigenvalue weighted by atomic mass is 10.1. The van der Waals surface area contributed by atoms with E-state index < -0.39 is 17.8 Å². The van der Waals surface area contributed by atoms with E-state index in [-0.39, 0.29) is 18.8 Å². The Kier molecular flexibility index (Phi) is 7.66. The van der Waals surface area contributed by atoms with Crippen molar-refractivity contribution < 1.29 is 32.5 Å². The van der Waals surface area contributed by atoms with Crippen LogP contribution in [0.1, 0.15) is 17.2 Å². The summed E-state index contributed by atoms with van der Waals surface area (Å²) in [6.07, 6.45) is -5.53. The van der Waals surface area contributed by atoms with Crippen molar-refractivity contribution in [3.63, 3.8) is 0 Å². The van der Waals surface area contributed by atoms with Crippen LogP contribution in [0.5, 0.6) is 0 Å². The monoisotopic (exact) mass is 308 g/mol. The fourth-order valence-corrected chi connectivity index (χ4v) is 1.58. The first-order valence-electron chi connectivity index (χ1n) is 6.45. The van der Waals surface area contributed by atoms with Gasteiger partial charge in [-0.15, -0.1) is 0 Å². The molecule has 0 radical (unpaired) electrons. The number of hydrogen-bond donors (Lipinski definition) is 1. The highest BCUT2D eigenvalue weighted by Gasteiger charge is 2.30. The zero-order valence-corrected chi connectivity index (χ0v) is 11.7. The molecule has 0 heterocycles. The van der Waals surface area contributed by atoms with Gasteiger partial charge in [-0.25, -0.2) is 0 Å². The number of rotatable bonds is 9. The lowest BCUT2D eigenvalue weighted by molar-refractivity contribution is -0.137. The molecule has 0 aliphatic carbocycles. The van der Waals surface area contributed by atoms with Crippen LogP contribution in [0.4, 0.5) is 13.2 Å². The molecule has 7 heteroatoms. The van der Waals surface area contributed by atoms with E-state index in [1.807, 2.05) is 0 Å². The van der Waals surface area contributed by atoms with Crippen molar-refractivity contribution in [3.05, 3.63) is 35.4 Å². The van der Waals surface area contributed by atoms with Gasteiger partial charge in [-0.1, -0.05) is 12.1 Å². The normalized spacial score (nSPS) is 13.4. The van der Waals surface area contributed by atoms with Gasteiger partial charge in [0.05, 0.1) is 38.6 Å². The molecule has 4 nitrogen and oxygen atoms in total. The SMILES string of the molecule is COCCOCCOCC(O)c1cccc(C(F)(F)F)c1. The summed E-state index contributed by atoms with van der Waals surface area (Å²) in [4.78, 5) is 0. The van der Waals surface area contributed by atoms with E-state index in [1.54, 1.807) is 7.11 Å². The summed E-state index contributed by atoms with van der Waals surface area (Å²) in [5.74, 6) is 0. The van der Waals surface area contributed by atoms with Crippen LogP contribution in [0.15, 0.2) is 24.3 Å². The van der Waals surface area contributed by atoms with Crippen LogP contribution in [0.2, 0.25) is 0 Å². The van der Waals surface area contributed by atoms with Gasteiger partial charge >= 0.3 is 6.18 Å². The minimum Gasteiger partial charge on any atom is -0.386 e. The molecular weight excluding hydrogens is 289 g/mol. The second-order valence-corrected chi connectivity index (χ2v) is 4.32. The molecule has 1 N–H and O–H groups in total. The number of hydrogen-bond acceptors (Lipinski definition) is 4. The topological polar surface area (TPSA) is 47.9 Å². The van der Waals surface area contributed by atoms with E-state index in [9.17, 15) is 18.3 Å². The fourth-order valence-electron chi connectivity index (χ4n) is 1.58. The third-order valence-corrected chi connectivity index (χ3v) is 2.68. The lowest BCUT2D eigenvalue weighted by Crippen LogP contribution is -2.13. The van der Waals surface area contributed by atoms with E-state index in [0.29, 0.717) is 19.8 Å². The van der Waals surface area contributed by atoms with Gasteiger partial charge in [-0.05, 0) is 17.7 Å². The molecule has 1 aromatic rings. The smallest absolute Gasteiger partial charge is 0.386 e. The van der Waals surface area contributed by atoms with Crippen LogP contribution in [0.25, 0.3) is 0 Å². The van der Waals surface area contributed by atoms with Crippen LogP contribution < -0.4 is 0 Å². The molecular formula is C14H19F3O4. The van der Waals surface area contributed by atoms with E-state index in [2.05, 4.69) is 0 Å². The van der Waals surface area contributed by atoms with Gasteiger partial charge in [0.2, 0.25) is 0 Å². The van der Waals surface area contributed by atoms with Crippen LogP contribution >= 0.6 is 0 Å². The van der Waals surface area contributed by atoms with Crippen molar-refractivity contribution in [1.82, 2.24) is 0 Å². The van der Waals surface area contributed by atoms with Gasteiger partial charge in [-0.3, -0.25) is 0 Å². The zero-order valence-electron chi connectivity index (χ0n) is 11.7. The maximum absolute atomic E-state index is 12.5. The second kappa shape index (κ2) is 8.99. The minimum atomic E-state index is -4.42. The predicted molar refractivity (Wildman–Crippen MR) is 69.9 cm³/mol. The molecule has 0 saturated heterocycles. The average Bonchev–Trinajstić information content (AvgIpc) is 2.45. The number of aliphatic hydroxyl groups excluding tert-OH is 1. The number of aliphatic hydroxyl groups is 1. The van der Waals surface area contributed by atoms with Crippen molar-refractivity contribution >= 4 is 0 Å². The Balaban J connectivity index is 2.34. The van der Waals surface area contributed by atoms with Crippen molar-refractivity contribution in [1.29, 1.82) is 0 Å². The highest BCUT2D eigenvalue weighted by Crippen LogP contribution is 2.30. The first kappa shape index (κ1) is 17.9. The molecule has 0 bridgehead atoms. The van der Waals surface area contributed by atoms with Gasteiger partial charge < -0.3 is 19.3 Å². The van der Waals surface area contributed by atoms with Gasteiger partial charge in [0.25, 0.3) is 0 Å².